The maximum absolute atomic E-state index is 4.70. The number of aryl methyl sites for hydroxylation is 3. The van der Waals surface area contributed by atoms with Gasteiger partial charge in [0.2, 0.25) is 0 Å². The van der Waals surface area contributed by atoms with Gasteiger partial charge in [-0.1, -0.05) is 0 Å². The number of nitrogens with zero attached hydrogens (tertiary/aromatic N) is 9. The predicted octanol–water partition coefficient (Wildman–Crippen LogP) is 1.80. The summed E-state index contributed by atoms with van der Waals surface area (Å²) in [4.78, 5) is 11.6. The Balaban J connectivity index is 1.43. The van der Waals surface area contributed by atoms with Gasteiger partial charge in [0.1, 0.15) is 11.6 Å². The van der Waals surface area contributed by atoms with Crippen molar-refractivity contribution in [2.75, 3.05) is 18.0 Å². The molecule has 27 heavy (non-hydrogen) atoms. The smallest absolute Gasteiger partial charge is 0.177 e. The molecule has 0 saturated carbocycles. The Bertz CT molecular complexity index is 1130. The molecule has 0 atom stereocenters. The second-order valence-corrected chi connectivity index (χ2v) is 7.16. The van der Waals surface area contributed by atoms with Crippen molar-refractivity contribution in [2.45, 2.75) is 32.6 Å². The van der Waals surface area contributed by atoms with E-state index in [0.717, 1.165) is 65.8 Å². The lowest BCUT2D eigenvalue weighted by Gasteiger charge is -2.32. The van der Waals surface area contributed by atoms with Gasteiger partial charge in [-0.3, -0.25) is 4.68 Å². The molecule has 0 amide bonds. The van der Waals surface area contributed by atoms with Crippen LogP contribution < -0.4 is 4.90 Å². The van der Waals surface area contributed by atoms with Gasteiger partial charge in [-0.05, 0) is 38.8 Å². The Hall–Kier alpha value is -3.10. The Morgan fingerprint density at radius 1 is 1.04 bits per heavy atom. The minimum Gasteiger partial charge on any atom is -0.356 e. The van der Waals surface area contributed by atoms with Gasteiger partial charge in [0.05, 0.1) is 17.3 Å². The third-order valence-electron chi connectivity index (χ3n) is 5.26. The van der Waals surface area contributed by atoms with Crippen LogP contribution in [0.25, 0.3) is 16.7 Å². The zero-order valence-electron chi connectivity index (χ0n) is 15.7. The van der Waals surface area contributed by atoms with E-state index in [1.165, 1.54) is 0 Å². The summed E-state index contributed by atoms with van der Waals surface area (Å²) in [6.07, 6.45) is 3.83. The molecule has 0 radical (unpaired) electrons. The van der Waals surface area contributed by atoms with Crippen molar-refractivity contribution in [1.82, 2.24) is 39.6 Å². The first-order valence-corrected chi connectivity index (χ1v) is 9.20. The van der Waals surface area contributed by atoms with E-state index in [9.17, 15) is 0 Å². The van der Waals surface area contributed by atoms with E-state index in [1.54, 1.807) is 4.68 Å². The van der Waals surface area contributed by atoms with Gasteiger partial charge in [0, 0.05) is 26.1 Å². The summed E-state index contributed by atoms with van der Waals surface area (Å²) in [5, 5.41) is 18.6. The van der Waals surface area contributed by atoms with Gasteiger partial charge in [0.15, 0.2) is 17.1 Å². The maximum Gasteiger partial charge on any atom is 0.177 e. The molecule has 0 aliphatic carbocycles. The van der Waals surface area contributed by atoms with Gasteiger partial charge in [0.25, 0.3) is 0 Å². The van der Waals surface area contributed by atoms with E-state index in [-0.39, 0.29) is 0 Å². The van der Waals surface area contributed by atoms with Gasteiger partial charge >= 0.3 is 0 Å². The van der Waals surface area contributed by atoms with Crippen LogP contribution in [0.2, 0.25) is 0 Å². The molecule has 9 nitrogen and oxygen atoms in total. The summed E-state index contributed by atoms with van der Waals surface area (Å²) < 4.78 is 3.69. The SMILES string of the molecule is Cc1ccc2nnc(C3CCN(c4nc(C)nc5c4cnn5C)CC3)n2n1. The first-order valence-electron chi connectivity index (χ1n) is 9.20. The minimum absolute atomic E-state index is 0.345. The summed E-state index contributed by atoms with van der Waals surface area (Å²) in [5.74, 6) is 3.05. The fourth-order valence-electron chi connectivity index (χ4n) is 3.86. The first kappa shape index (κ1) is 16.1. The normalized spacial score (nSPS) is 15.9. The number of fused-ring (bicyclic) bond motifs is 2. The summed E-state index contributed by atoms with van der Waals surface area (Å²) in [5.41, 5.74) is 2.65. The standard InChI is InChI=1S/C18H21N9/c1-11-4-5-15-22-23-16(27(15)24-11)13-6-8-26(9-7-13)18-14-10-19-25(3)17(14)20-12(2)21-18/h4-5,10,13H,6-9H2,1-3H3. The molecule has 1 saturated heterocycles. The molecule has 5 heterocycles. The Morgan fingerprint density at radius 3 is 2.67 bits per heavy atom. The first-order chi connectivity index (χ1) is 13.1. The topological polar surface area (TPSA) is 89.9 Å². The second-order valence-electron chi connectivity index (χ2n) is 7.16. The van der Waals surface area contributed by atoms with Crippen molar-refractivity contribution >= 4 is 22.5 Å². The van der Waals surface area contributed by atoms with Gasteiger partial charge in [-0.25, -0.2) is 9.97 Å². The highest BCUT2D eigenvalue weighted by Gasteiger charge is 2.27. The molecule has 5 rings (SSSR count). The predicted molar refractivity (Wildman–Crippen MR) is 101 cm³/mol. The molecule has 0 unspecified atom stereocenters. The molecular weight excluding hydrogens is 342 g/mol. The van der Waals surface area contributed by atoms with E-state index < -0.39 is 0 Å². The quantitative estimate of drug-likeness (QED) is 0.536. The van der Waals surface area contributed by atoms with Crippen LogP contribution in [0.3, 0.4) is 0 Å². The molecule has 1 fully saturated rings. The van der Waals surface area contributed by atoms with Crippen LogP contribution in [0.4, 0.5) is 5.82 Å². The summed E-state index contributed by atoms with van der Waals surface area (Å²) in [6.45, 7) is 5.74. The largest absolute Gasteiger partial charge is 0.356 e. The van der Waals surface area contributed by atoms with Crippen LogP contribution in [0.1, 0.15) is 36.1 Å². The maximum atomic E-state index is 4.70. The molecule has 4 aromatic rings. The second kappa shape index (κ2) is 5.97. The van der Waals surface area contributed by atoms with Crippen LogP contribution in [0.15, 0.2) is 18.3 Å². The van der Waals surface area contributed by atoms with Crippen molar-refractivity contribution in [2.24, 2.45) is 7.05 Å². The summed E-state index contributed by atoms with van der Waals surface area (Å²) >= 11 is 0. The fourth-order valence-corrected chi connectivity index (χ4v) is 3.86. The monoisotopic (exact) mass is 363 g/mol. The van der Waals surface area contributed by atoms with E-state index in [2.05, 4.69) is 30.3 Å². The zero-order valence-corrected chi connectivity index (χ0v) is 15.7. The lowest BCUT2D eigenvalue weighted by atomic mass is 9.96. The molecule has 0 bridgehead atoms. The highest BCUT2D eigenvalue weighted by atomic mass is 15.4. The molecule has 4 aromatic heterocycles. The molecule has 138 valence electrons. The number of hydrogen-bond donors (Lipinski definition) is 0. The molecule has 1 aliphatic heterocycles. The van der Waals surface area contributed by atoms with Crippen molar-refractivity contribution < 1.29 is 0 Å². The minimum atomic E-state index is 0.345. The zero-order chi connectivity index (χ0) is 18.5. The summed E-state index contributed by atoms with van der Waals surface area (Å²) in [6, 6.07) is 3.93. The average molecular weight is 363 g/mol. The summed E-state index contributed by atoms with van der Waals surface area (Å²) in [7, 11) is 1.91. The molecule has 9 heteroatoms. The third-order valence-corrected chi connectivity index (χ3v) is 5.26. The Labute approximate surface area is 156 Å². The van der Waals surface area contributed by atoms with E-state index in [0.29, 0.717) is 5.92 Å². The molecule has 0 aromatic carbocycles. The van der Waals surface area contributed by atoms with Crippen LogP contribution in [0, 0.1) is 13.8 Å². The molecular formula is C18H21N9. The molecule has 0 N–H and O–H groups in total. The van der Waals surface area contributed by atoms with Gasteiger partial charge in [-0.15, -0.1) is 10.2 Å². The van der Waals surface area contributed by atoms with Gasteiger partial charge in [-0.2, -0.15) is 14.7 Å². The van der Waals surface area contributed by atoms with E-state index >= 15 is 0 Å². The number of piperidine rings is 1. The highest BCUT2D eigenvalue weighted by molar-refractivity contribution is 5.87. The van der Waals surface area contributed by atoms with Gasteiger partial charge < -0.3 is 4.90 Å². The van der Waals surface area contributed by atoms with E-state index in [1.807, 2.05) is 43.7 Å². The van der Waals surface area contributed by atoms with Crippen molar-refractivity contribution in [1.29, 1.82) is 0 Å². The number of hydrogen-bond acceptors (Lipinski definition) is 7. The van der Waals surface area contributed by atoms with Crippen LogP contribution in [-0.2, 0) is 7.05 Å². The molecule has 1 aliphatic rings. The number of aromatic nitrogens is 8. The highest BCUT2D eigenvalue weighted by Crippen LogP contribution is 2.31. The average Bonchev–Trinajstić information content (AvgIpc) is 3.25. The number of rotatable bonds is 2. The molecule has 0 spiro atoms. The third kappa shape index (κ3) is 2.61. The van der Waals surface area contributed by atoms with Crippen molar-refractivity contribution in [3.05, 3.63) is 35.7 Å². The van der Waals surface area contributed by atoms with Crippen molar-refractivity contribution in [3.63, 3.8) is 0 Å². The van der Waals surface area contributed by atoms with Crippen LogP contribution in [-0.4, -0.2) is 52.6 Å². The lowest BCUT2D eigenvalue weighted by Crippen LogP contribution is -2.34. The van der Waals surface area contributed by atoms with Crippen LogP contribution in [0.5, 0.6) is 0 Å². The van der Waals surface area contributed by atoms with Crippen molar-refractivity contribution in [3.8, 4) is 0 Å². The Morgan fingerprint density at radius 2 is 1.85 bits per heavy atom. The lowest BCUT2D eigenvalue weighted by molar-refractivity contribution is 0.475. The fraction of sp³-hybridized carbons (Fsp3) is 0.444. The Kier molecular flexibility index (Phi) is 3.56. The van der Waals surface area contributed by atoms with E-state index in [4.69, 9.17) is 4.98 Å². The number of anilines is 1. The van der Waals surface area contributed by atoms with Crippen LogP contribution >= 0.6 is 0 Å².